The molecule has 5 nitrogen and oxygen atoms in total. The van der Waals surface area contributed by atoms with Gasteiger partial charge in [0, 0.05) is 0 Å². The SMILES string of the molecule is Cc1ccc2c(c1)OC(CNC(=O)OC(C)(C)C)O2. The van der Waals surface area contributed by atoms with Gasteiger partial charge in [0.05, 0.1) is 6.54 Å². The second-order valence-electron chi connectivity index (χ2n) is 5.50. The summed E-state index contributed by atoms with van der Waals surface area (Å²) in [5, 5.41) is 2.62. The molecule has 0 fully saturated rings. The molecule has 1 aromatic carbocycles. The Morgan fingerprint density at radius 3 is 2.68 bits per heavy atom. The van der Waals surface area contributed by atoms with E-state index in [1.165, 1.54) is 0 Å². The van der Waals surface area contributed by atoms with E-state index >= 15 is 0 Å². The van der Waals surface area contributed by atoms with Gasteiger partial charge in [-0.2, -0.15) is 0 Å². The van der Waals surface area contributed by atoms with Crippen molar-refractivity contribution in [3.05, 3.63) is 23.8 Å². The maximum atomic E-state index is 11.5. The lowest BCUT2D eigenvalue weighted by atomic mass is 10.2. The highest BCUT2D eigenvalue weighted by molar-refractivity contribution is 5.67. The summed E-state index contributed by atoms with van der Waals surface area (Å²) in [6.45, 7) is 7.66. The molecule has 1 amide bonds. The molecular weight excluding hydrogens is 246 g/mol. The van der Waals surface area contributed by atoms with Gasteiger partial charge in [0.15, 0.2) is 11.5 Å². The average Bonchev–Trinajstić information content (AvgIpc) is 2.66. The first-order chi connectivity index (χ1) is 8.83. The number of alkyl carbamates (subject to hydrolysis) is 1. The van der Waals surface area contributed by atoms with Crippen molar-refractivity contribution in [1.29, 1.82) is 0 Å². The van der Waals surface area contributed by atoms with Gasteiger partial charge in [0.25, 0.3) is 6.29 Å². The van der Waals surface area contributed by atoms with Crippen LogP contribution in [0.15, 0.2) is 18.2 Å². The Labute approximate surface area is 112 Å². The number of hydrogen-bond donors (Lipinski definition) is 1. The third-order valence-electron chi connectivity index (χ3n) is 2.43. The van der Waals surface area contributed by atoms with E-state index < -0.39 is 18.0 Å². The lowest BCUT2D eigenvalue weighted by molar-refractivity contribution is 0.0301. The number of amides is 1. The highest BCUT2D eigenvalue weighted by Gasteiger charge is 2.25. The van der Waals surface area contributed by atoms with E-state index in [0.29, 0.717) is 11.5 Å². The second-order valence-corrected chi connectivity index (χ2v) is 5.50. The smallest absolute Gasteiger partial charge is 0.407 e. The van der Waals surface area contributed by atoms with Gasteiger partial charge < -0.3 is 19.5 Å². The van der Waals surface area contributed by atoms with E-state index in [1.54, 1.807) is 0 Å². The third kappa shape index (κ3) is 3.77. The number of aryl methyl sites for hydroxylation is 1. The first-order valence-corrected chi connectivity index (χ1v) is 6.24. The molecule has 0 radical (unpaired) electrons. The molecule has 1 unspecified atom stereocenters. The first kappa shape index (κ1) is 13.5. The first-order valence-electron chi connectivity index (χ1n) is 6.24. The Bertz CT molecular complexity index is 479. The van der Waals surface area contributed by atoms with E-state index in [1.807, 2.05) is 45.9 Å². The fraction of sp³-hybridized carbons (Fsp3) is 0.500. The Morgan fingerprint density at radius 1 is 1.32 bits per heavy atom. The minimum atomic E-state index is -0.512. The molecule has 0 spiro atoms. The van der Waals surface area contributed by atoms with Crippen molar-refractivity contribution in [1.82, 2.24) is 5.32 Å². The lowest BCUT2D eigenvalue weighted by Crippen LogP contribution is -2.39. The zero-order valence-electron chi connectivity index (χ0n) is 11.6. The quantitative estimate of drug-likeness (QED) is 0.893. The summed E-state index contributed by atoms with van der Waals surface area (Å²) in [5.74, 6) is 1.40. The minimum Gasteiger partial charge on any atom is -0.449 e. The van der Waals surface area contributed by atoms with E-state index in [-0.39, 0.29) is 6.54 Å². The normalized spacial score (nSPS) is 17.2. The molecule has 104 valence electrons. The molecule has 0 aromatic heterocycles. The van der Waals surface area contributed by atoms with Crippen LogP contribution < -0.4 is 14.8 Å². The van der Waals surface area contributed by atoms with Crippen molar-refractivity contribution in [2.75, 3.05) is 6.54 Å². The topological polar surface area (TPSA) is 56.8 Å². The number of ether oxygens (including phenoxy) is 3. The van der Waals surface area contributed by atoms with E-state index in [9.17, 15) is 4.79 Å². The van der Waals surface area contributed by atoms with E-state index in [2.05, 4.69) is 5.32 Å². The third-order valence-corrected chi connectivity index (χ3v) is 2.43. The standard InChI is InChI=1S/C14H19NO4/c1-9-5-6-10-11(7-9)18-12(17-10)8-15-13(16)19-14(2,3)4/h5-7,12H,8H2,1-4H3,(H,15,16). The van der Waals surface area contributed by atoms with Gasteiger partial charge in [0.1, 0.15) is 5.60 Å². The summed E-state index contributed by atoms with van der Waals surface area (Å²) in [6.07, 6.45) is -0.990. The van der Waals surface area contributed by atoms with Crippen LogP contribution in [0.3, 0.4) is 0 Å². The van der Waals surface area contributed by atoms with Crippen molar-refractivity contribution >= 4 is 6.09 Å². The molecule has 1 heterocycles. The molecule has 5 heteroatoms. The van der Waals surface area contributed by atoms with Crippen molar-refractivity contribution in [3.8, 4) is 11.5 Å². The Balaban J connectivity index is 1.83. The van der Waals surface area contributed by atoms with Crippen molar-refractivity contribution < 1.29 is 19.0 Å². The molecule has 1 aliphatic heterocycles. The fourth-order valence-corrected chi connectivity index (χ4v) is 1.68. The van der Waals surface area contributed by atoms with Crippen molar-refractivity contribution in [3.63, 3.8) is 0 Å². The maximum absolute atomic E-state index is 11.5. The summed E-state index contributed by atoms with van der Waals surface area (Å²) in [4.78, 5) is 11.5. The van der Waals surface area contributed by atoms with Crippen LogP contribution in [0, 0.1) is 6.92 Å². The van der Waals surface area contributed by atoms with Crippen LogP contribution in [0.1, 0.15) is 26.3 Å². The Kier molecular flexibility index (Phi) is 3.55. The van der Waals surface area contributed by atoms with Crippen LogP contribution >= 0.6 is 0 Å². The lowest BCUT2D eigenvalue weighted by Gasteiger charge is -2.20. The molecular formula is C14H19NO4. The molecule has 0 bridgehead atoms. The maximum Gasteiger partial charge on any atom is 0.407 e. The summed E-state index contributed by atoms with van der Waals surface area (Å²) >= 11 is 0. The molecule has 2 rings (SSSR count). The monoisotopic (exact) mass is 265 g/mol. The fourth-order valence-electron chi connectivity index (χ4n) is 1.68. The van der Waals surface area contributed by atoms with Gasteiger partial charge in [-0.05, 0) is 45.4 Å². The predicted octanol–water partition coefficient (Wildman–Crippen LogP) is 2.62. The summed E-state index contributed by atoms with van der Waals surface area (Å²) in [5.41, 5.74) is 0.588. The number of hydrogen-bond acceptors (Lipinski definition) is 4. The van der Waals surface area contributed by atoms with Crippen LogP contribution in [0.25, 0.3) is 0 Å². The molecule has 0 saturated heterocycles. The zero-order chi connectivity index (χ0) is 14.0. The van der Waals surface area contributed by atoms with Gasteiger partial charge in [-0.1, -0.05) is 6.07 Å². The van der Waals surface area contributed by atoms with Gasteiger partial charge in [-0.3, -0.25) is 0 Å². The Morgan fingerprint density at radius 2 is 2.00 bits per heavy atom. The number of nitrogens with one attached hydrogen (secondary N) is 1. The highest BCUT2D eigenvalue weighted by Crippen LogP contribution is 2.34. The molecule has 0 saturated carbocycles. The number of benzene rings is 1. The van der Waals surface area contributed by atoms with Gasteiger partial charge in [-0.15, -0.1) is 0 Å². The summed E-state index contributed by atoms with van der Waals surface area (Å²) < 4.78 is 16.3. The number of rotatable bonds is 2. The Hall–Kier alpha value is -1.91. The van der Waals surface area contributed by atoms with Crippen LogP contribution in [0.2, 0.25) is 0 Å². The number of fused-ring (bicyclic) bond motifs is 1. The second kappa shape index (κ2) is 4.99. The average molecular weight is 265 g/mol. The summed E-state index contributed by atoms with van der Waals surface area (Å²) in [7, 11) is 0. The minimum absolute atomic E-state index is 0.239. The number of carbonyl (C=O) groups excluding carboxylic acids is 1. The molecule has 1 aliphatic rings. The molecule has 0 aliphatic carbocycles. The number of carbonyl (C=O) groups is 1. The van der Waals surface area contributed by atoms with E-state index in [4.69, 9.17) is 14.2 Å². The largest absolute Gasteiger partial charge is 0.449 e. The van der Waals surface area contributed by atoms with Gasteiger partial charge >= 0.3 is 6.09 Å². The van der Waals surface area contributed by atoms with Crippen LogP contribution in [0.4, 0.5) is 4.79 Å². The molecule has 1 N–H and O–H groups in total. The molecule has 19 heavy (non-hydrogen) atoms. The van der Waals surface area contributed by atoms with Gasteiger partial charge in [0.2, 0.25) is 0 Å². The van der Waals surface area contributed by atoms with Crippen molar-refractivity contribution in [2.24, 2.45) is 0 Å². The van der Waals surface area contributed by atoms with Gasteiger partial charge in [-0.25, -0.2) is 4.79 Å². The van der Waals surface area contributed by atoms with E-state index in [0.717, 1.165) is 5.56 Å². The summed E-state index contributed by atoms with van der Waals surface area (Å²) in [6, 6.07) is 5.72. The molecule has 1 atom stereocenters. The highest BCUT2D eigenvalue weighted by atomic mass is 16.7. The van der Waals surface area contributed by atoms with Crippen LogP contribution in [-0.2, 0) is 4.74 Å². The van der Waals surface area contributed by atoms with Crippen LogP contribution in [0.5, 0.6) is 11.5 Å². The molecule has 1 aromatic rings. The predicted molar refractivity (Wildman–Crippen MR) is 70.5 cm³/mol. The van der Waals surface area contributed by atoms with Crippen molar-refractivity contribution in [2.45, 2.75) is 39.6 Å². The van der Waals surface area contributed by atoms with Crippen LogP contribution in [-0.4, -0.2) is 24.5 Å². The zero-order valence-corrected chi connectivity index (χ0v) is 11.6.